The maximum Gasteiger partial charge on any atom is 0.336 e. The van der Waals surface area contributed by atoms with Crippen LogP contribution in [0, 0.1) is 0 Å². The van der Waals surface area contributed by atoms with Gasteiger partial charge in [0.25, 0.3) is 0 Å². The second-order valence-electron chi connectivity index (χ2n) is 8.64. The highest BCUT2D eigenvalue weighted by Gasteiger charge is 2.41. The van der Waals surface area contributed by atoms with Crippen LogP contribution in [0.2, 0.25) is 0 Å². The molecule has 0 aliphatic carbocycles. The molecule has 0 saturated heterocycles. The molecule has 0 aromatic heterocycles. The third-order valence-corrected chi connectivity index (χ3v) is 5.15. The predicted molar refractivity (Wildman–Crippen MR) is 130 cm³/mol. The summed E-state index contributed by atoms with van der Waals surface area (Å²) in [7, 11) is 0. The number of aliphatic hydroxyl groups excluding tert-OH is 1. The zero-order valence-corrected chi connectivity index (χ0v) is 21.6. The molecule has 0 bridgehead atoms. The van der Waals surface area contributed by atoms with Gasteiger partial charge in [-0.3, -0.25) is 14.4 Å². The quantitative estimate of drug-likeness (QED) is 0.141. The fourth-order valence-corrected chi connectivity index (χ4v) is 3.02. The van der Waals surface area contributed by atoms with E-state index in [9.17, 15) is 29.4 Å². The Labute approximate surface area is 209 Å². The van der Waals surface area contributed by atoms with Crippen LogP contribution in [0.15, 0.2) is 0 Å². The number of aliphatic hydroxyl groups is 2. The molecule has 0 aromatic rings. The molecule has 0 amide bonds. The van der Waals surface area contributed by atoms with Crippen molar-refractivity contribution in [1.29, 1.82) is 0 Å². The monoisotopic (exact) mass is 506 g/mol. The number of carbonyl (C=O) groups is 4. The summed E-state index contributed by atoms with van der Waals surface area (Å²) in [5.41, 5.74) is -2.80. The van der Waals surface area contributed by atoms with E-state index in [1.807, 2.05) is 0 Å². The first-order valence-corrected chi connectivity index (χ1v) is 12.7. The van der Waals surface area contributed by atoms with E-state index >= 15 is 0 Å². The number of aliphatic carboxylic acids is 2. The average Bonchev–Trinajstić information content (AvgIpc) is 2.79. The van der Waals surface area contributed by atoms with Gasteiger partial charge < -0.3 is 29.9 Å². The molecule has 0 saturated carbocycles. The Morgan fingerprint density at radius 1 is 0.686 bits per heavy atom. The molecule has 0 aliphatic heterocycles. The second-order valence-corrected chi connectivity index (χ2v) is 8.64. The normalized spacial score (nSPS) is 13.1. The van der Waals surface area contributed by atoms with Crippen molar-refractivity contribution < 1.29 is 49.1 Å². The van der Waals surface area contributed by atoms with Gasteiger partial charge in [-0.2, -0.15) is 0 Å². The number of hydrogen-bond acceptors (Lipinski definition) is 8. The molecule has 10 heteroatoms. The molecule has 0 aliphatic rings. The second kappa shape index (κ2) is 22.3. The molecule has 2 unspecified atom stereocenters. The Balaban J connectivity index is 0. The average molecular weight is 507 g/mol. The molecule has 0 fully saturated rings. The minimum atomic E-state index is -2.80. The van der Waals surface area contributed by atoms with Gasteiger partial charge in [0.05, 0.1) is 12.8 Å². The number of hydrogen-bond donors (Lipinski definition) is 4. The van der Waals surface area contributed by atoms with E-state index in [0.717, 1.165) is 0 Å². The van der Waals surface area contributed by atoms with E-state index in [1.165, 1.54) is 70.6 Å². The number of carboxylic acid groups (broad SMARTS) is 2. The fourth-order valence-electron chi connectivity index (χ4n) is 3.02. The Kier molecular flexibility index (Phi) is 22.3. The van der Waals surface area contributed by atoms with Gasteiger partial charge in [-0.15, -0.1) is 0 Å². The third kappa shape index (κ3) is 22.0. The lowest BCUT2D eigenvalue weighted by Crippen LogP contribution is -2.43. The first-order valence-electron chi connectivity index (χ1n) is 12.7. The number of ether oxygens (including phenoxy) is 2. The Morgan fingerprint density at radius 3 is 1.43 bits per heavy atom. The predicted octanol–water partition coefficient (Wildman–Crippen LogP) is 3.84. The highest BCUT2D eigenvalue weighted by Crippen LogP contribution is 2.17. The number of esters is 2. The summed E-state index contributed by atoms with van der Waals surface area (Å²) in [6.07, 6.45) is 12.4. The van der Waals surface area contributed by atoms with Crippen molar-refractivity contribution >= 4 is 23.9 Å². The molecule has 206 valence electrons. The van der Waals surface area contributed by atoms with Gasteiger partial charge in [0.15, 0.2) is 5.60 Å². The smallest absolute Gasteiger partial charge is 0.336 e. The lowest BCUT2D eigenvalue weighted by Gasteiger charge is -2.20. The summed E-state index contributed by atoms with van der Waals surface area (Å²) in [5, 5.41) is 36.2. The van der Waals surface area contributed by atoms with E-state index in [4.69, 9.17) is 10.2 Å². The minimum absolute atomic E-state index is 0.105. The van der Waals surface area contributed by atoms with Gasteiger partial charge in [-0.25, -0.2) is 4.79 Å². The molecule has 0 radical (unpaired) electrons. The van der Waals surface area contributed by atoms with Crippen molar-refractivity contribution in [3.8, 4) is 0 Å². The van der Waals surface area contributed by atoms with E-state index < -0.39 is 61.6 Å². The van der Waals surface area contributed by atoms with E-state index in [2.05, 4.69) is 23.3 Å². The Morgan fingerprint density at radius 2 is 1.09 bits per heavy atom. The van der Waals surface area contributed by atoms with Crippen LogP contribution in [0.1, 0.15) is 111 Å². The molecular weight excluding hydrogens is 460 g/mol. The molecule has 0 spiro atoms. The molecule has 4 N–H and O–H groups in total. The van der Waals surface area contributed by atoms with Gasteiger partial charge in [0, 0.05) is 6.42 Å². The number of unbranched alkanes of at least 4 members (excludes halogenated alkanes) is 10. The molecular formula is C25H46O10. The summed E-state index contributed by atoms with van der Waals surface area (Å²) in [5.74, 6) is -5.27. The van der Waals surface area contributed by atoms with Gasteiger partial charge in [-0.1, -0.05) is 91.4 Å². The van der Waals surface area contributed by atoms with Crippen molar-refractivity contribution in [2.75, 3.05) is 13.2 Å². The van der Waals surface area contributed by atoms with Crippen molar-refractivity contribution in [2.45, 2.75) is 122 Å². The van der Waals surface area contributed by atoms with E-state index in [-0.39, 0.29) is 6.42 Å². The summed E-state index contributed by atoms with van der Waals surface area (Å²) >= 11 is 0. The number of carbonyl (C=O) groups excluding carboxylic acids is 2. The molecule has 0 heterocycles. The standard InChI is InChI=1S/C13H28.C12H18O10/c1-3-5-7-9-11-13-12-10-8-6-4-2;1-2-9(16)21-5-7(13)6-22-10(17)4-12(20,11(18)19)3-8(14)15/h3-13H2,1-2H3;7,13,20H,2-6H2,1H3,(H,14,15)(H,18,19). The van der Waals surface area contributed by atoms with Crippen molar-refractivity contribution in [1.82, 2.24) is 0 Å². The topological polar surface area (TPSA) is 168 Å². The van der Waals surface area contributed by atoms with Crippen LogP contribution in [0.5, 0.6) is 0 Å². The largest absolute Gasteiger partial charge is 0.481 e. The van der Waals surface area contributed by atoms with Crippen LogP contribution in [0.4, 0.5) is 0 Å². The zero-order valence-electron chi connectivity index (χ0n) is 21.6. The zero-order chi connectivity index (χ0) is 27.1. The molecule has 0 rings (SSSR count). The molecule has 10 nitrogen and oxygen atoms in total. The van der Waals surface area contributed by atoms with Crippen LogP contribution in [0.3, 0.4) is 0 Å². The van der Waals surface area contributed by atoms with Crippen LogP contribution in [-0.4, -0.2) is 69.2 Å². The fraction of sp³-hybridized carbons (Fsp3) is 0.840. The van der Waals surface area contributed by atoms with Crippen LogP contribution < -0.4 is 0 Å². The molecule has 2 atom stereocenters. The van der Waals surface area contributed by atoms with Crippen molar-refractivity contribution in [3.63, 3.8) is 0 Å². The molecule has 0 aromatic carbocycles. The van der Waals surface area contributed by atoms with E-state index in [1.54, 1.807) is 6.92 Å². The van der Waals surface area contributed by atoms with Crippen LogP contribution >= 0.6 is 0 Å². The Hall–Kier alpha value is -2.20. The maximum atomic E-state index is 11.4. The minimum Gasteiger partial charge on any atom is -0.481 e. The number of carboxylic acids is 2. The maximum absolute atomic E-state index is 11.4. The van der Waals surface area contributed by atoms with Crippen LogP contribution in [0.25, 0.3) is 0 Å². The first-order chi connectivity index (χ1) is 16.5. The van der Waals surface area contributed by atoms with Gasteiger partial charge in [0.2, 0.25) is 0 Å². The molecule has 35 heavy (non-hydrogen) atoms. The van der Waals surface area contributed by atoms with Gasteiger partial charge >= 0.3 is 23.9 Å². The highest BCUT2D eigenvalue weighted by atomic mass is 16.6. The third-order valence-electron chi connectivity index (χ3n) is 5.15. The summed E-state index contributed by atoms with van der Waals surface area (Å²) in [6, 6.07) is 0. The lowest BCUT2D eigenvalue weighted by molar-refractivity contribution is -0.173. The summed E-state index contributed by atoms with van der Waals surface area (Å²) in [4.78, 5) is 43.5. The van der Waals surface area contributed by atoms with Crippen molar-refractivity contribution in [2.24, 2.45) is 0 Å². The van der Waals surface area contributed by atoms with E-state index in [0.29, 0.717) is 0 Å². The highest BCUT2D eigenvalue weighted by molar-refractivity contribution is 5.88. The lowest BCUT2D eigenvalue weighted by atomic mass is 9.96. The summed E-state index contributed by atoms with van der Waals surface area (Å²) < 4.78 is 9.08. The van der Waals surface area contributed by atoms with Crippen molar-refractivity contribution in [3.05, 3.63) is 0 Å². The van der Waals surface area contributed by atoms with Crippen LogP contribution in [-0.2, 0) is 28.7 Å². The number of rotatable bonds is 20. The first kappa shape index (κ1) is 35.0. The Bertz CT molecular complexity index is 583. The summed E-state index contributed by atoms with van der Waals surface area (Å²) in [6.45, 7) is 5.09. The van der Waals surface area contributed by atoms with Gasteiger partial charge in [0.1, 0.15) is 19.3 Å². The van der Waals surface area contributed by atoms with Gasteiger partial charge in [-0.05, 0) is 0 Å². The SMILES string of the molecule is CCC(=O)OCC(O)COC(=O)CC(O)(CC(=O)O)C(=O)O.CCCCCCCCCCCCC.